The second-order valence-corrected chi connectivity index (χ2v) is 7.82. The van der Waals surface area contributed by atoms with Crippen molar-refractivity contribution in [1.29, 1.82) is 0 Å². The van der Waals surface area contributed by atoms with Gasteiger partial charge in [0, 0.05) is 39.3 Å². The minimum atomic E-state index is 0.0315. The van der Waals surface area contributed by atoms with Crippen LogP contribution in [-0.4, -0.2) is 70.8 Å². The highest BCUT2D eigenvalue weighted by molar-refractivity contribution is 5.76. The molecule has 4 aromatic rings. The summed E-state index contributed by atoms with van der Waals surface area (Å²) in [4.78, 5) is 19.1. The van der Waals surface area contributed by atoms with E-state index in [1.165, 1.54) is 0 Å². The Balaban J connectivity index is 1.30. The van der Waals surface area contributed by atoms with Gasteiger partial charge in [0.25, 0.3) is 0 Å². The Morgan fingerprint density at radius 1 is 0.833 bits per heavy atom. The lowest BCUT2D eigenvalue weighted by molar-refractivity contribution is 0.0951. The first kappa shape index (κ1) is 19.2. The van der Waals surface area contributed by atoms with Gasteiger partial charge in [-0.1, -0.05) is 24.3 Å². The number of nitrogens with one attached hydrogen (secondary N) is 3. The molecule has 3 heterocycles. The molecule has 0 aliphatic carbocycles. The molecule has 1 aliphatic rings. The normalized spacial score (nSPS) is 15.5. The minimum absolute atomic E-state index is 0.0315. The van der Waals surface area contributed by atoms with Gasteiger partial charge in [-0.05, 0) is 30.7 Å². The zero-order valence-corrected chi connectivity index (χ0v) is 17.1. The monoisotopic (exact) mass is 404 g/mol. The molecule has 0 unspecified atom stereocenters. The zero-order valence-electron chi connectivity index (χ0n) is 17.1. The van der Waals surface area contributed by atoms with Gasteiger partial charge in [-0.25, -0.2) is 9.97 Å². The average Bonchev–Trinajstić information content (AvgIpc) is 3.41. The fraction of sp³-hybridized carbons (Fsp3) is 0.391. The fourth-order valence-corrected chi connectivity index (χ4v) is 4.11. The van der Waals surface area contributed by atoms with Crippen LogP contribution < -0.4 is 5.32 Å². The molecule has 0 amide bonds. The molecule has 0 saturated carbocycles. The van der Waals surface area contributed by atoms with Crippen molar-refractivity contribution in [2.45, 2.75) is 12.3 Å². The molecule has 0 spiro atoms. The molecule has 7 heteroatoms. The largest absolute Gasteiger partial charge is 0.380 e. The van der Waals surface area contributed by atoms with Gasteiger partial charge in [-0.15, -0.1) is 0 Å². The maximum Gasteiger partial charge on any atom is 0.118 e. The maximum atomic E-state index is 6.01. The molecule has 1 fully saturated rings. The topological polar surface area (TPSA) is 81.9 Å². The van der Waals surface area contributed by atoms with Crippen LogP contribution in [0.4, 0.5) is 0 Å². The number of benzene rings is 2. The second kappa shape index (κ2) is 8.95. The van der Waals surface area contributed by atoms with E-state index in [-0.39, 0.29) is 5.92 Å². The molecule has 30 heavy (non-hydrogen) atoms. The van der Waals surface area contributed by atoms with Crippen molar-refractivity contribution in [2.24, 2.45) is 0 Å². The van der Waals surface area contributed by atoms with Crippen LogP contribution in [0.1, 0.15) is 24.0 Å². The van der Waals surface area contributed by atoms with Gasteiger partial charge in [0.15, 0.2) is 0 Å². The summed E-state index contributed by atoms with van der Waals surface area (Å²) in [7, 11) is 0. The number of hydrogen-bond acceptors (Lipinski definition) is 5. The van der Waals surface area contributed by atoms with Crippen LogP contribution in [-0.2, 0) is 4.74 Å². The maximum absolute atomic E-state index is 6.01. The number of H-pyrrole nitrogens is 2. The summed E-state index contributed by atoms with van der Waals surface area (Å²) in [6.45, 7) is 6.76. The van der Waals surface area contributed by atoms with Crippen LogP contribution in [0.3, 0.4) is 0 Å². The van der Waals surface area contributed by atoms with Crippen LogP contribution in [0.2, 0.25) is 0 Å². The van der Waals surface area contributed by atoms with E-state index < -0.39 is 0 Å². The molecular weight excluding hydrogens is 376 g/mol. The van der Waals surface area contributed by atoms with Crippen molar-refractivity contribution in [2.75, 3.05) is 45.9 Å². The highest BCUT2D eigenvalue weighted by Gasteiger charge is 2.22. The summed E-state index contributed by atoms with van der Waals surface area (Å²) >= 11 is 0. The van der Waals surface area contributed by atoms with Gasteiger partial charge in [-0.2, -0.15) is 0 Å². The predicted molar refractivity (Wildman–Crippen MR) is 119 cm³/mol. The van der Waals surface area contributed by atoms with Gasteiger partial charge >= 0.3 is 0 Å². The van der Waals surface area contributed by atoms with Gasteiger partial charge < -0.3 is 20.0 Å². The summed E-state index contributed by atoms with van der Waals surface area (Å²) in [5.41, 5.74) is 4.06. The Bertz CT molecular complexity index is 957. The van der Waals surface area contributed by atoms with Crippen molar-refractivity contribution in [3.63, 3.8) is 0 Å². The first-order valence-corrected chi connectivity index (χ1v) is 10.8. The van der Waals surface area contributed by atoms with Crippen LogP contribution in [0.15, 0.2) is 48.5 Å². The third-order valence-electron chi connectivity index (χ3n) is 5.79. The molecule has 2 aromatic heterocycles. The standard InChI is InChI=1S/C23H28N6O/c1-2-6-19-18(5-1)25-22(26-19)17(23-27-20-7-3-4-8-21(20)28-23)9-15-30-16-14-29-12-10-24-11-13-29/h1-8,17,24H,9-16H2,(H,25,26)(H,27,28). The number of nitrogens with zero attached hydrogens (tertiary/aromatic N) is 3. The Hall–Kier alpha value is -2.74. The predicted octanol–water partition coefficient (Wildman–Crippen LogP) is 2.88. The van der Waals surface area contributed by atoms with Crippen molar-refractivity contribution in [3.8, 4) is 0 Å². The lowest BCUT2D eigenvalue weighted by Crippen LogP contribution is -2.44. The number of para-hydroxylation sites is 4. The molecule has 0 radical (unpaired) electrons. The van der Waals surface area contributed by atoms with E-state index in [2.05, 4.69) is 32.3 Å². The summed E-state index contributed by atoms with van der Waals surface area (Å²) in [6, 6.07) is 16.3. The number of ether oxygens (including phenoxy) is 1. The number of imidazole rings is 2. The Labute approximate surface area is 175 Å². The van der Waals surface area contributed by atoms with Gasteiger partial charge in [0.1, 0.15) is 11.6 Å². The van der Waals surface area contributed by atoms with E-state index in [1.807, 2.05) is 36.4 Å². The van der Waals surface area contributed by atoms with Crippen LogP contribution in [0.25, 0.3) is 22.1 Å². The second-order valence-electron chi connectivity index (χ2n) is 7.82. The molecular formula is C23H28N6O. The smallest absolute Gasteiger partial charge is 0.118 e. The molecule has 0 atom stereocenters. The van der Waals surface area contributed by atoms with Crippen molar-refractivity contribution >= 4 is 22.1 Å². The van der Waals surface area contributed by atoms with Crippen LogP contribution >= 0.6 is 0 Å². The number of fused-ring (bicyclic) bond motifs is 2. The van der Waals surface area contributed by atoms with E-state index in [9.17, 15) is 0 Å². The van der Waals surface area contributed by atoms with Gasteiger partial charge in [-0.3, -0.25) is 4.90 Å². The SMILES string of the molecule is c1ccc2[nH]c(C(CCOCCN3CCNCC3)c3nc4ccccc4[nH]3)nc2c1. The minimum Gasteiger partial charge on any atom is -0.380 e. The van der Waals surface area contributed by atoms with Gasteiger partial charge in [0.05, 0.1) is 34.6 Å². The molecule has 1 aliphatic heterocycles. The first-order chi connectivity index (χ1) is 14.9. The number of aromatic amines is 2. The van der Waals surface area contributed by atoms with E-state index in [4.69, 9.17) is 14.7 Å². The lowest BCUT2D eigenvalue weighted by atomic mass is 10.0. The molecule has 3 N–H and O–H groups in total. The fourth-order valence-electron chi connectivity index (χ4n) is 4.11. The third kappa shape index (κ3) is 4.23. The van der Waals surface area contributed by atoms with Crippen molar-refractivity contribution < 1.29 is 4.74 Å². The molecule has 156 valence electrons. The quantitative estimate of drug-likeness (QED) is 0.394. The van der Waals surface area contributed by atoms with E-state index >= 15 is 0 Å². The number of piperazine rings is 1. The molecule has 5 rings (SSSR count). The van der Waals surface area contributed by atoms with Crippen molar-refractivity contribution in [1.82, 2.24) is 30.2 Å². The van der Waals surface area contributed by atoms with Gasteiger partial charge in [0.2, 0.25) is 0 Å². The Kier molecular flexibility index (Phi) is 5.74. The van der Waals surface area contributed by atoms with E-state index in [1.54, 1.807) is 0 Å². The van der Waals surface area contributed by atoms with Crippen molar-refractivity contribution in [3.05, 3.63) is 60.2 Å². The Morgan fingerprint density at radius 3 is 2.03 bits per heavy atom. The van der Waals surface area contributed by atoms with Crippen LogP contribution in [0.5, 0.6) is 0 Å². The Morgan fingerprint density at radius 2 is 1.43 bits per heavy atom. The summed E-state index contributed by atoms with van der Waals surface area (Å²) in [5, 5.41) is 3.39. The highest BCUT2D eigenvalue weighted by atomic mass is 16.5. The van der Waals surface area contributed by atoms with E-state index in [0.29, 0.717) is 6.61 Å². The number of hydrogen-bond donors (Lipinski definition) is 3. The molecule has 7 nitrogen and oxygen atoms in total. The average molecular weight is 405 g/mol. The van der Waals surface area contributed by atoms with Crippen LogP contribution in [0, 0.1) is 0 Å². The van der Waals surface area contributed by atoms with E-state index in [0.717, 1.165) is 79.5 Å². The lowest BCUT2D eigenvalue weighted by Gasteiger charge is -2.26. The first-order valence-electron chi connectivity index (χ1n) is 10.8. The third-order valence-corrected chi connectivity index (χ3v) is 5.79. The summed E-state index contributed by atoms with van der Waals surface area (Å²) in [6.07, 6.45) is 0.821. The molecule has 0 bridgehead atoms. The summed E-state index contributed by atoms with van der Waals surface area (Å²) < 4.78 is 6.01. The summed E-state index contributed by atoms with van der Waals surface area (Å²) in [5.74, 6) is 1.89. The highest BCUT2D eigenvalue weighted by Crippen LogP contribution is 2.27. The number of aromatic nitrogens is 4. The molecule has 2 aromatic carbocycles. The zero-order chi connectivity index (χ0) is 20.2. The number of rotatable bonds is 8. The molecule has 1 saturated heterocycles.